The fourth-order valence-corrected chi connectivity index (χ4v) is 2.36. The second kappa shape index (κ2) is 3.98. The van der Waals surface area contributed by atoms with E-state index in [9.17, 15) is 0 Å². The SMILES string of the molecule is BrCc1nnsc1-c1ccccc1. The van der Waals surface area contributed by atoms with Gasteiger partial charge in [0.1, 0.15) is 0 Å². The van der Waals surface area contributed by atoms with Gasteiger partial charge in [0.2, 0.25) is 0 Å². The number of nitrogens with zero attached hydrogens (tertiary/aromatic N) is 2. The highest BCUT2D eigenvalue weighted by Gasteiger charge is 2.07. The molecule has 1 heterocycles. The van der Waals surface area contributed by atoms with E-state index < -0.39 is 0 Å². The Bertz CT molecular complexity index is 386. The van der Waals surface area contributed by atoms with Crippen molar-refractivity contribution in [3.63, 3.8) is 0 Å². The molecule has 2 aromatic rings. The van der Waals surface area contributed by atoms with Crippen LogP contribution in [0.1, 0.15) is 5.69 Å². The highest BCUT2D eigenvalue weighted by Crippen LogP contribution is 2.26. The van der Waals surface area contributed by atoms with Crippen molar-refractivity contribution in [1.29, 1.82) is 0 Å². The van der Waals surface area contributed by atoms with Crippen LogP contribution in [0, 0.1) is 0 Å². The molecule has 0 amide bonds. The van der Waals surface area contributed by atoms with Crippen molar-refractivity contribution in [2.45, 2.75) is 5.33 Å². The number of aromatic nitrogens is 2. The second-order valence-electron chi connectivity index (χ2n) is 2.55. The van der Waals surface area contributed by atoms with E-state index in [1.54, 1.807) is 0 Å². The Balaban J connectivity index is 2.47. The van der Waals surface area contributed by atoms with Crippen LogP contribution in [-0.4, -0.2) is 9.59 Å². The maximum Gasteiger partial charge on any atom is 0.0940 e. The molecule has 0 saturated heterocycles. The van der Waals surface area contributed by atoms with Crippen molar-refractivity contribution in [3.05, 3.63) is 36.0 Å². The molecule has 1 aromatic heterocycles. The van der Waals surface area contributed by atoms with Crippen molar-refractivity contribution < 1.29 is 0 Å². The van der Waals surface area contributed by atoms with Gasteiger partial charge in [-0.2, -0.15) is 0 Å². The molecule has 2 rings (SSSR count). The average Bonchev–Trinajstić information content (AvgIpc) is 2.67. The predicted octanol–water partition coefficient (Wildman–Crippen LogP) is 3.10. The summed E-state index contributed by atoms with van der Waals surface area (Å²) in [4.78, 5) is 1.15. The lowest BCUT2D eigenvalue weighted by Crippen LogP contribution is -1.81. The van der Waals surface area contributed by atoms with Crippen LogP contribution in [0.15, 0.2) is 30.3 Å². The Morgan fingerprint density at radius 2 is 2.00 bits per heavy atom. The van der Waals surface area contributed by atoms with E-state index in [4.69, 9.17) is 0 Å². The molecule has 0 saturated carbocycles. The Kier molecular flexibility index (Phi) is 2.71. The third-order valence-electron chi connectivity index (χ3n) is 1.72. The van der Waals surface area contributed by atoms with Crippen molar-refractivity contribution in [3.8, 4) is 10.4 Å². The second-order valence-corrected chi connectivity index (χ2v) is 3.86. The van der Waals surface area contributed by atoms with Crippen molar-refractivity contribution in [1.82, 2.24) is 9.59 Å². The molecular formula is C9H7BrN2S. The summed E-state index contributed by atoms with van der Waals surface area (Å²) in [6.07, 6.45) is 0. The van der Waals surface area contributed by atoms with Gasteiger partial charge in [-0.1, -0.05) is 50.8 Å². The topological polar surface area (TPSA) is 25.8 Å². The first-order valence-electron chi connectivity index (χ1n) is 3.84. The van der Waals surface area contributed by atoms with Crippen LogP contribution in [0.3, 0.4) is 0 Å². The summed E-state index contributed by atoms with van der Waals surface area (Å²) in [5.41, 5.74) is 2.20. The van der Waals surface area contributed by atoms with E-state index >= 15 is 0 Å². The van der Waals surface area contributed by atoms with E-state index in [0.29, 0.717) is 0 Å². The zero-order valence-electron chi connectivity index (χ0n) is 6.77. The van der Waals surface area contributed by atoms with Gasteiger partial charge in [-0.3, -0.25) is 0 Å². The number of rotatable bonds is 2. The zero-order chi connectivity index (χ0) is 9.10. The first-order valence-corrected chi connectivity index (χ1v) is 5.74. The van der Waals surface area contributed by atoms with Crippen molar-refractivity contribution in [2.75, 3.05) is 0 Å². The molecule has 0 bridgehead atoms. The Labute approximate surface area is 88.9 Å². The van der Waals surface area contributed by atoms with E-state index in [-0.39, 0.29) is 0 Å². The fourth-order valence-electron chi connectivity index (χ4n) is 1.10. The minimum Gasteiger partial charge on any atom is -0.142 e. The average molecular weight is 255 g/mol. The third kappa shape index (κ3) is 1.78. The summed E-state index contributed by atoms with van der Waals surface area (Å²) >= 11 is 4.83. The number of alkyl halides is 1. The molecule has 0 unspecified atom stereocenters. The van der Waals surface area contributed by atoms with Crippen LogP contribution in [0.2, 0.25) is 0 Å². The molecule has 0 aliphatic carbocycles. The number of halogens is 1. The van der Waals surface area contributed by atoms with Gasteiger partial charge < -0.3 is 0 Å². The van der Waals surface area contributed by atoms with Gasteiger partial charge in [0.25, 0.3) is 0 Å². The van der Waals surface area contributed by atoms with E-state index in [0.717, 1.165) is 15.9 Å². The molecule has 0 aliphatic rings. The van der Waals surface area contributed by atoms with Gasteiger partial charge in [0, 0.05) is 5.33 Å². The molecule has 0 radical (unpaired) electrons. The lowest BCUT2D eigenvalue weighted by atomic mass is 10.2. The van der Waals surface area contributed by atoms with Gasteiger partial charge in [0.05, 0.1) is 10.6 Å². The molecule has 0 N–H and O–H groups in total. The largest absolute Gasteiger partial charge is 0.142 e. The van der Waals surface area contributed by atoms with Crippen LogP contribution < -0.4 is 0 Å². The Hall–Kier alpha value is -0.740. The summed E-state index contributed by atoms with van der Waals surface area (Å²) in [6, 6.07) is 10.2. The highest BCUT2D eigenvalue weighted by atomic mass is 79.9. The van der Waals surface area contributed by atoms with E-state index in [2.05, 4.69) is 37.6 Å². The molecule has 0 fully saturated rings. The summed E-state index contributed by atoms with van der Waals surface area (Å²) in [5.74, 6) is 0. The molecule has 2 nitrogen and oxygen atoms in total. The predicted molar refractivity (Wildman–Crippen MR) is 58.0 cm³/mol. The normalized spacial score (nSPS) is 10.2. The standard InChI is InChI=1S/C9H7BrN2S/c10-6-8-9(13-12-11-8)7-4-2-1-3-5-7/h1-5H,6H2. The maximum absolute atomic E-state index is 4.03. The highest BCUT2D eigenvalue weighted by molar-refractivity contribution is 9.08. The molecule has 0 spiro atoms. The van der Waals surface area contributed by atoms with E-state index in [1.807, 2.05) is 18.2 Å². The minimum atomic E-state index is 0.758. The van der Waals surface area contributed by atoms with Gasteiger partial charge in [-0.15, -0.1) is 5.10 Å². The summed E-state index contributed by atoms with van der Waals surface area (Å²) in [7, 11) is 0. The fraction of sp³-hybridized carbons (Fsp3) is 0.111. The van der Waals surface area contributed by atoms with Gasteiger partial charge in [-0.25, -0.2) is 0 Å². The zero-order valence-corrected chi connectivity index (χ0v) is 9.18. The maximum atomic E-state index is 4.03. The van der Waals surface area contributed by atoms with Crippen molar-refractivity contribution in [2.24, 2.45) is 0 Å². The van der Waals surface area contributed by atoms with Crippen molar-refractivity contribution >= 4 is 27.5 Å². The molecule has 1 aromatic carbocycles. The summed E-state index contributed by atoms with van der Waals surface area (Å²) < 4.78 is 3.93. The lowest BCUT2D eigenvalue weighted by Gasteiger charge is -1.96. The van der Waals surface area contributed by atoms with Crippen LogP contribution in [-0.2, 0) is 5.33 Å². The third-order valence-corrected chi connectivity index (χ3v) is 3.07. The monoisotopic (exact) mass is 254 g/mol. The Morgan fingerprint density at radius 1 is 1.23 bits per heavy atom. The molecule has 0 aliphatic heterocycles. The first kappa shape index (κ1) is 8.84. The van der Waals surface area contributed by atoms with Crippen LogP contribution >= 0.6 is 27.5 Å². The molecule has 66 valence electrons. The van der Waals surface area contributed by atoms with E-state index in [1.165, 1.54) is 17.1 Å². The minimum absolute atomic E-state index is 0.758. The molecule has 0 atom stereocenters. The van der Waals surface area contributed by atoms with Gasteiger partial charge >= 0.3 is 0 Å². The first-order chi connectivity index (χ1) is 6.42. The van der Waals surface area contributed by atoms with Crippen LogP contribution in [0.25, 0.3) is 10.4 Å². The Morgan fingerprint density at radius 3 is 2.69 bits per heavy atom. The van der Waals surface area contributed by atoms with Crippen LogP contribution in [0.4, 0.5) is 0 Å². The smallest absolute Gasteiger partial charge is 0.0940 e. The lowest BCUT2D eigenvalue weighted by molar-refractivity contribution is 1.08. The molecular weight excluding hydrogens is 248 g/mol. The number of benzene rings is 1. The van der Waals surface area contributed by atoms with Gasteiger partial charge in [0.15, 0.2) is 0 Å². The summed E-state index contributed by atoms with van der Waals surface area (Å²) in [6.45, 7) is 0. The summed E-state index contributed by atoms with van der Waals surface area (Å²) in [5, 5.41) is 4.79. The van der Waals surface area contributed by atoms with Gasteiger partial charge in [-0.05, 0) is 17.1 Å². The number of hydrogen-bond donors (Lipinski definition) is 0. The van der Waals surface area contributed by atoms with Crippen LogP contribution in [0.5, 0.6) is 0 Å². The quantitative estimate of drug-likeness (QED) is 0.770. The molecule has 13 heavy (non-hydrogen) atoms. The molecule has 4 heteroatoms. The number of hydrogen-bond acceptors (Lipinski definition) is 3.